The van der Waals surface area contributed by atoms with Crippen LogP contribution in [0.4, 0.5) is 0 Å². The lowest BCUT2D eigenvalue weighted by Crippen LogP contribution is -2.48. The first-order valence-electron chi connectivity index (χ1n) is 7.36. The van der Waals surface area contributed by atoms with Crippen molar-refractivity contribution in [2.75, 3.05) is 19.6 Å². The molecular weight excluding hydrogens is 242 g/mol. The molecule has 0 aliphatic carbocycles. The molecule has 0 saturated carbocycles. The van der Waals surface area contributed by atoms with E-state index in [1.54, 1.807) is 0 Å². The molecule has 2 N–H and O–H groups in total. The standard InChI is InChI=1S/C15H29NO3/c1-13(2)11(12(17)14(3,4)19-13)10-16-8-6-15(5,18)7-9-16/h11-12,17-18H,6-10H2,1-5H3. The number of aliphatic hydroxyl groups is 2. The zero-order valence-corrected chi connectivity index (χ0v) is 12.9. The van der Waals surface area contributed by atoms with Gasteiger partial charge in [-0.15, -0.1) is 0 Å². The van der Waals surface area contributed by atoms with Gasteiger partial charge in [-0.05, 0) is 47.5 Å². The number of likely N-dealkylation sites (tertiary alicyclic amines) is 1. The number of aliphatic hydroxyl groups excluding tert-OH is 1. The van der Waals surface area contributed by atoms with E-state index in [1.165, 1.54) is 0 Å². The predicted octanol–water partition coefficient (Wildman–Crippen LogP) is 1.40. The van der Waals surface area contributed by atoms with Crippen molar-refractivity contribution in [3.05, 3.63) is 0 Å². The smallest absolute Gasteiger partial charge is 0.0896 e. The summed E-state index contributed by atoms with van der Waals surface area (Å²) in [6.07, 6.45) is 1.17. The van der Waals surface area contributed by atoms with Gasteiger partial charge in [-0.25, -0.2) is 0 Å². The summed E-state index contributed by atoms with van der Waals surface area (Å²) in [7, 11) is 0. The molecule has 0 amide bonds. The average Bonchev–Trinajstić information content (AvgIpc) is 2.39. The molecule has 0 aromatic heterocycles. The van der Waals surface area contributed by atoms with Crippen LogP contribution in [0.15, 0.2) is 0 Å². The Hall–Kier alpha value is -0.160. The van der Waals surface area contributed by atoms with Gasteiger partial charge in [0.2, 0.25) is 0 Å². The fourth-order valence-electron chi connectivity index (χ4n) is 3.49. The molecule has 2 unspecified atom stereocenters. The highest BCUT2D eigenvalue weighted by Gasteiger charge is 2.53. The van der Waals surface area contributed by atoms with Crippen molar-refractivity contribution in [1.82, 2.24) is 4.90 Å². The Kier molecular flexibility index (Phi) is 3.76. The molecule has 0 bridgehead atoms. The van der Waals surface area contributed by atoms with E-state index in [0.29, 0.717) is 0 Å². The van der Waals surface area contributed by atoms with Crippen molar-refractivity contribution in [2.24, 2.45) is 5.92 Å². The van der Waals surface area contributed by atoms with Crippen LogP contribution in [0.2, 0.25) is 0 Å². The molecule has 2 aliphatic rings. The molecule has 2 rings (SSSR count). The van der Waals surface area contributed by atoms with E-state index in [0.717, 1.165) is 32.5 Å². The zero-order valence-electron chi connectivity index (χ0n) is 12.9. The molecule has 0 aromatic rings. The molecule has 0 spiro atoms. The van der Waals surface area contributed by atoms with E-state index in [9.17, 15) is 10.2 Å². The largest absolute Gasteiger partial charge is 0.390 e. The van der Waals surface area contributed by atoms with Crippen LogP contribution in [-0.2, 0) is 4.74 Å². The Bertz CT molecular complexity index is 328. The number of rotatable bonds is 2. The van der Waals surface area contributed by atoms with Gasteiger partial charge in [0, 0.05) is 25.6 Å². The Morgan fingerprint density at radius 2 is 1.58 bits per heavy atom. The molecule has 4 nitrogen and oxygen atoms in total. The monoisotopic (exact) mass is 271 g/mol. The van der Waals surface area contributed by atoms with E-state index in [2.05, 4.69) is 18.7 Å². The third-order valence-corrected chi connectivity index (χ3v) is 4.90. The lowest BCUT2D eigenvalue weighted by molar-refractivity contribution is -0.0918. The van der Waals surface area contributed by atoms with Crippen molar-refractivity contribution < 1.29 is 14.9 Å². The van der Waals surface area contributed by atoms with Crippen LogP contribution in [0.25, 0.3) is 0 Å². The van der Waals surface area contributed by atoms with Gasteiger partial charge in [0.1, 0.15) is 0 Å². The van der Waals surface area contributed by atoms with Gasteiger partial charge in [-0.2, -0.15) is 0 Å². The zero-order chi connectivity index (χ0) is 14.5. The van der Waals surface area contributed by atoms with Gasteiger partial charge in [-0.1, -0.05) is 0 Å². The fourth-order valence-corrected chi connectivity index (χ4v) is 3.49. The Morgan fingerprint density at radius 1 is 1.05 bits per heavy atom. The van der Waals surface area contributed by atoms with Crippen LogP contribution in [0.3, 0.4) is 0 Å². The Labute approximate surface area is 116 Å². The quantitative estimate of drug-likeness (QED) is 0.797. The molecular formula is C15H29NO3. The molecule has 19 heavy (non-hydrogen) atoms. The fraction of sp³-hybridized carbons (Fsp3) is 1.00. The van der Waals surface area contributed by atoms with E-state index >= 15 is 0 Å². The summed E-state index contributed by atoms with van der Waals surface area (Å²) < 4.78 is 6.02. The van der Waals surface area contributed by atoms with Gasteiger partial charge in [0.15, 0.2) is 0 Å². The maximum absolute atomic E-state index is 10.5. The summed E-state index contributed by atoms with van der Waals surface area (Å²) in [5, 5.41) is 20.5. The van der Waals surface area contributed by atoms with Crippen LogP contribution in [-0.4, -0.2) is 57.7 Å². The third kappa shape index (κ3) is 3.13. The minimum atomic E-state index is -0.518. The highest BCUT2D eigenvalue weighted by molar-refractivity contribution is 5.02. The van der Waals surface area contributed by atoms with Crippen molar-refractivity contribution >= 4 is 0 Å². The summed E-state index contributed by atoms with van der Waals surface area (Å²) in [6, 6.07) is 0. The normalized spacial score (nSPS) is 37.4. The molecule has 2 saturated heterocycles. The summed E-state index contributed by atoms with van der Waals surface area (Å²) >= 11 is 0. The second-order valence-electron chi connectivity index (χ2n) is 7.66. The SMILES string of the molecule is CC1(O)CCN(CC2C(O)C(C)(C)OC2(C)C)CC1. The molecule has 2 heterocycles. The van der Waals surface area contributed by atoms with E-state index in [-0.39, 0.29) is 11.5 Å². The van der Waals surface area contributed by atoms with E-state index in [4.69, 9.17) is 4.74 Å². The van der Waals surface area contributed by atoms with Crippen LogP contribution in [0.1, 0.15) is 47.5 Å². The molecule has 112 valence electrons. The highest BCUT2D eigenvalue weighted by Crippen LogP contribution is 2.42. The first-order valence-corrected chi connectivity index (χ1v) is 7.36. The third-order valence-electron chi connectivity index (χ3n) is 4.90. The molecule has 0 radical (unpaired) electrons. The summed E-state index contributed by atoms with van der Waals surface area (Å²) in [5.74, 6) is 0.116. The van der Waals surface area contributed by atoms with Crippen LogP contribution in [0, 0.1) is 5.92 Å². The Morgan fingerprint density at radius 3 is 2.00 bits per heavy atom. The van der Waals surface area contributed by atoms with Gasteiger partial charge in [-0.3, -0.25) is 0 Å². The number of piperidine rings is 1. The summed E-state index contributed by atoms with van der Waals surface area (Å²) in [4.78, 5) is 2.35. The second-order valence-corrected chi connectivity index (χ2v) is 7.66. The van der Waals surface area contributed by atoms with E-state index < -0.39 is 17.3 Å². The lowest BCUT2D eigenvalue weighted by atomic mass is 9.83. The van der Waals surface area contributed by atoms with Gasteiger partial charge >= 0.3 is 0 Å². The second kappa shape index (κ2) is 4.69. The van der Waals surface area contributed by atoms with Crippen molar-refractivity contribution in [1.29, 1.82) is 0 Å². The minimum Gasteiger partial charge on any atom is -0.390 e. The van der Waals surface area contributed by atoms with Crippen molar-refractivity contribution in [3.63, 3.8) is 0 Å². The summed E-state index contributed by atoms with van der Waals surface area (Å²) in [6.45, 7) is 12.6. The molecule has 2 fully saturated rings. The maximum Gasteiger partial charge on any atom is 0.0896 e. The predicted molar refractivity (Wildman–Crippen MR) is 75.0 cm³/mol. The van der Waals surface area contributed by atoms with Crippen LogP contribution < -0.4 is 0 Å². The number of hydrogen-bond donors (Lipinski definition) is 2. The van der Waals surface area contributed by atoms with Crippen LogP contribution in [0.5, 0.6) is 0 Å². The molecule has 2 atom stereocenters. The number of ether oxygens (including phenoxy) is 1. The first-order chi connectivity index (χ1) is 8.54. The average molecular weight is 271 g/mol. The van der Waals surface area contributed by atoms with Gasteiger partial charge in [0.25, 0.3) is 0 Å². The lowest BCUT2D eigenvalue weighted by Gasteiger charge is -2.39. The number of hydrogen-bond acceptors (Lipinski definition) is 4. The Balaban J connectivity index is 1.99. The molecule has 2 aliphatic heterocycles. The van der Waals surface area contributed by atoms with Crippen LogP contribution >= 0.6 is 0 Å². The highest BCUT2D eigenvalue weighted by atomic mass is 16.5. The summed E-state index contributed by atoms with van der Waals surface area (Å²) in [5.41, 5.74) is -1.30. The molecule has 0 aromatic carbocycles. The minimum absolute atomic E-state index is 0.116. The number of nitrogens with zero attached hydrogens (tertiary/aromatic N) is 1. The van der Waals surface area contributed by atoms with Gasteiger partial charge in [0.05, 0.1) is 22.9 Å². The van der Waals surface area contributed by atoms with Crippen molar-refractivity contribution in [2.45, 2.75) is 70.4 Å². The first kappa shape index (κ1) is 15.2. The van der Waals surface area contributed by atoms with Gasteiger partial charge < -0.3 is 19.8 Å². The van der Waals surface area contributed by atoms with E-state index in [1.807, 2.05) is 20.8 Å². The van der Waals surface area contributed by atoms with Crippen molar-refractivity contribution in [3.8, 4) is 0 Å². The molecule has 4 heteroatoms. The maximum atomic E-state index is 10.5. The topological polar surface area (TPSA) is 52.9 Å².